The maximum Gasteiger partial charge on any atom is 0.271 e. The Morgan fingerprint density at radius 1 is 1.09 bits per heavy atom. The molecule has 0 saturated carbocycles. The van der Waals surface area contributed by atoms with Crippen LogP contribution in [0.15, 0.2) is 69.6 Å². The van der Waals surface area contributed by atoms with E-state index >= 15 is 0 Å². The summed E-state index contributed by atoms with van der Waals surface area (Å²) in [7, 11) is 3.98. The van der Waals surface area contributed by atoms with Crippen molar-refractivity contribution in [3.8, 4) is 0 Å². The molecule has 182 valence electrons. The highest BCUT2D eigenvalue weighted by atomic mass is 35.5. The van der Waals surface area contributed by atoms with Crippen LogP contribution in [0.4, 0.5) is 5.69 Å². The summed E-state index contributed by atoms with van der Waals surface area (Å²) in [6, 6.07) is 14.8. The first kappa shape index (κ1) is 24.9. The summed E-state index contributed by atoms with van der Waals surface area (Å²) in [4.78, 5) is 36.4. The molecule has 1 aliphatic heterocycles. The first-order chi connectivity index (χ1) is 16.7. The Labute approximate surface area is 214 Å². The Balaban J connectivity index is 1.91. The fourth-order valence-electron chi connectivity index (χ4n) is 4.26. The highest BCUT2D eigenvalue weighted by molar-refractivity contribution is 7.07. The van der Waals surface area contributed by atoms with E-state index in [0.29, 0.717) is 38.7 Å². The second-order valence-corrected chi connectivity index (χ2v) is 10.0. The molecule has 0 bridgehead atoms. The van der Waals surface area contributed by atoms with Crippen LogP contribution in [0.2, 0.25) is 5.02 Å². The first-order valence-electron chi connectivity index (χ1n) is 11.6. The van der Waals surface area contributed by atoms with Gasteiger partial charge in [-0.3, -0.25) is 14.2 Å². The molecule has 4 rings (SSSR count). The van der Waals surface area contributed by atoms with Gasteiger partial charge in [-0.15, -0.1) is 0 Å². The fourth-order valence-corrected chi connectivity index (χ4v) is 5.43. The van der Waals surface area contributed by atoms with Gasteiger partial charge >= 0.3 is 0 Å². The lowest BCUT2D eigenvalue weighted by Gasteiger charge is -2.29. The van der Waals surface area contributed by atoms with Crippen LogP contribution in [0.3, 0.4) is 0 Å². The van der Waals surface area contributed by atoms with Crippen LogP contribution in [-0.2, 0) is 4.79 Å². The third-order valence-corrected chi connectivity index (χ3v) is 7.43. The minimum atomic E-state index is -0.574. The van der Waals surface area contributed by atoms with Gasteiger partial charge < -0.3 is 9.80 Å². The summed E-state index contributed by atoms with van der Waals surface area (Å²) < 4.78 is 2.22. The Kier molecular flexibility index (Phi) is 7.28. The van der Waals surface area contributed by atoms with E-state index in [2.05, 4.69) is 0 Å². The molecular weight excluding hydrogens is 480 g/mol. The van der Waals surface area contributed by atoms with E-state index in [1.807, 2.05) is 82.2 Å². The molecule has 1 aromatic heterocycles. The highest BCUT2D eigenvalue weighted by Gasteiger charge is 2.34. The smallest absolute Gasteiger partial charge is 0.271 e. The molecule has 0 unspecified atom stereocenters. The molecule has 0 spiro atoms. The third-order valence-electron chi connectivity index (χ3n) is 6.20. The van der Waals surface area contributed by atoms with Crippen molar-refractivity contribution < 1.29 is 4.79 Å². The molecule has 0 radical (unpaired) electrons. The molecule has 35 heavy (non-hydrogen) atoms. The van der Waals surface area contributed by atoms with Crippen molar-refractivity contribution in [2.45, 2.75) is 26.8 Å². The zero-order valence-corrected chi connectivity index (χ0v) is 22.2. The van der Waals surface area contributed by atoms with Crippen LogP contribution in [0.25, 0.3) is 6.08 Å². The first-order valence-corrected chi connectivity index (χ1v) is 12.8. The Morgan fingerprint density at radius 2 is 1.71 bits per heavy atom. The molecule has 0 saturated heterocycles. The molecule has 0 N–H and O–H groups in total. The van der Waals surface area contributed by atoms with Gasteiger partial charge in [0.1, 0.15) is 0 Å². The third kappa shape index (κ3) is 4.83. The minimum Gasteiger partial charge on any atom is -0.378 e. The van der Waals surface area contributed by atoms with Crippen molar-refractivity contribution in [2.75, 3.05) is 32.1 Å². The quantitative estimate of drug-likeness (QED) is 0.508. The number of anilines is 1. The van der Waals surface area contributed by atoms with E-state index in [-0.39, 0.29) is 11.5 Å². The lowest BCUT2D eigenvalue weighted by Crippen LogP contribution is -2.43. The van der Waals surface area contributed by atoms with Crippen molar-refractivity contribution in [3.05, 3.63) is 95.6 Å². The Bertz CT molecular complexity index is 1450. The molecule has 1 atom stereocenters. The number of likely N-dealkylation sites (N-methyl/N-ethyl adjacent to an activating group) is 1. The van der Waals surface area contributed by atoms with Gasteiger partial charge in [0, 0.05) is 37.9 Å². The maximum absolute atomic E-state index is 13.7. The minimum absolute atomic E-state index is 0.107. The molecule has 8 heteroatoms. The lowest BCUT2D eigenvalue weighted by molar-refractivity contribution is -0.127. The number of halogens is 1. The van der Waals surface area contributed by atoms with Gasteiger partial charge in [0.25, 0.3) is 11.5 Å². The predicted octanol–water partition coefficient (Wildman–Crippen LogP) is 3.82. The number of hydrogen-bond acceptors (Lipinski definition) is 5. The molecule has 6 nitrogen and oxygen atoms in total. The summed E-state index contributed by atoms with van der Waals surface area (Å²) in [5.41, 5.74) is 3.82. The number of thiazole rings is 1. The number of carbonyl (C=O) groups is 1. The van der Waals surface area contributed by atoms with E-state index in [1.165, 1.54) is 11.3 Å². The number of aromatic nitrogens is 1. The number of hydrogen-bond donors (Lipinski definition) is 0. The van der Waals surface area contributed by atoms with Crippen molar-refractivity contribution in [2.24, 2.45) is 4.99 Å². The fraction of sp³-hybridized carbons (Fsp3) is 0.296. The SMILES string of the molecule is CCN(CC)C(=O)C1=C(C)N=c2s/c(=C/c3ccc(N(C)C)cc3)c(=O)n2[C@H]1c1ccc(Cl)cc1. The van der Waals surface area contributed by atoms with E-state index < -0.39 is 6.04 Å². The van der Waals surface area contributed by atoms with Gasteiger partial charge in [-0.2, -0.15) is 0 Å². The molecule has 1 amide bonds. The number of rotatable bonds is 6. The molecule has 0 aliphatic carbocycles. The molecule has 2 heterocycles. The normalized spacial score (nSPS) is 15.6. The molecule has 1 aliphatic rings. The molecule has 2 aromatic carbocycles. The molecule has 3 aromatic rings. The number of nitrogens with zero attached hydrogens (tertiary/aromatic N) is 4. The topological polar surface area (TPSA) is 57.9 Å². The second-order valence-electron chi connectivity index (χ2n) is 8.60. The largest absolute Gasteiger partial charge is 0.378 e. The number of amides is 1. The van der Waals surface area contributed by atoms with Crippen LogP contribution in [0.5, 0.6) is 0 Å². The average Bonchev–Trinajstić information content (AvgIpc) is 3.14. The Morgan fingerprint density at radius 3 is 2.29 bits per heavy atom. The molecule has 0 fully saturated rings. The monoisotopic (exact) mass is 508 g/mol. The zero-order valence-electron chi connectivity index (χ0n) is 20.6. The van der Waals surface area contributed by atoms with Gasteiger partial charge in [-0.05, 0) is 62.2 Å². The average molecular weight is 509 g/mol. The van der Waals surface area contributed by atoms with Crippen LogP contribution in [0.1, 0.15) is 37.9 Å². The summed E-state index contributed by atoms with van der Waals surface area (Å²) in [6.45, 7) is 6.90. The van der Waals surface area contributed by atoms with Gasteiger partial charge in [-0.25, -0.2) is 4.99 Å². The van der Waals surface area contributed by atoms with Crippen molar-refractivity contribution in [3.63, 3.8) is 0 Å². The Hall–Kier alpha value is -3.16. The van der Waals surface area contributed by atoms with Crippen LogP contribution < -0.4 is 19.8 Å². The molecular formula is C27H29ClN4O2S. The number of carbonyl (C=O) groups excluding carboxylic acids is 1. The highest BCUT2D eigenvalue weighted by Crippen LogP contribution is 2.31. The van der Waals surface area contributed by atoms with Crippen LogP contribution >= 0.6 is 22.9 Å². The van der Waals surface area contributed by atoms with E-state index in [1.54, 1.807) is 21.6 Å². The lowest BCUT2D eigenvalue weighted by atomic mass is 9.94. The van der Waals surface area contributed by atoms with Gasteiger partial charge in [0.15, 0.2) is 4.80 Å². The van der Waals surface area contributed by atoms with E-state index in [9.17, 15) is 9.59 Å². The van der Waals surface area contributed by atoms with Gasteiger partial charge in [-0.1, -0.05) is 47.2 Å². The summed E-state index contributed by atoms with van der Waals surface area (Å²) in [5.74, 6) is -0.107. The standard InChI is InChI=1S/C27H29ClN4O2S/c1-6-31(7-2)26(34)23-17(3)29-27-32(24(23)19-10-12-20(28)13-11-19)25(33)22(35-27)16-18-8-14-21(15-9-18)30(4)5/h8-16,24H,6-7H2,1-5H3/b22-16+/t24-/m0/s1. The van der Waals surface area contributed by atoms with E-state index in [0.717, 1.165) is 16.8 Å². The van der Waals surface area contributed by atoms with Gasteiger partial charge in [0.2, 0.25) is 0 Å². The number of benzene rings is 2. The van der Waals surface area contributed by atoms with Crippen LogP contribution in [-0.4, -0.2) is 42.6 Å². The second kappa shape index (κ2) is 10.2. The predicted molar refractivity (Wildman–Crippen MR) is 144 cm³/mol. The summed E-state index contributed by atoms with van der Waals surface area (Å²) >= 11 is 7.49. The van der Waals surface area contributed by atoms with E-state index in [4.69, 9.17) is 16.6 Å². The van der Waals surface area contributed by atoms with Gasteiger partial charge in [0.05, 0.1) is 21.8 Å². The van der Waals surface area contributed by atoms with Crippen LogP contribution in [0, 0.1) is 0 Å². The maximum atomic E-state index is 13.7. The van der Waals surface area contributed by atoms with Crippen molar-refractivity contribution in [1.29, 1.82) is 0 Å². The number of fused-ring (bicyclic) bond motifs is 1. The summed E-state index contributed by atoms with van der Waals surface area (Å²) in [5, 5.41) is 0.597. The van der Waals surface area contributed by atoms with Crippen molar-refractivity contribution in [1.82, 2.24) is 9.47 Å². The van der Waals surface area contributed by atoms with Crippen molar-refractivity contribution >= 4 is 40.6 Å². The summed E-state index contributed by atoms with van der Waals surface area (Å²) in [6.07, 6.45) is 1.88. The zero-order chi connectivity index (χ0) is 25.3. The number of allylic oxidation sites excluding steroid dienone is 1.